The monoisotopic (exact) mass is 362 g/mol. The van der Waals surface area contributed by atoms with Crippen molar-refractivity contribution in [2.24, 2.45) is 0 Å². The molecule has 0 saturated carbocycles. The molecule has 7 nitrogen and oxygen atoms in total. The number of anilines is 1. The first-order valence-corrected chi connectivity index (χ1v) is 7.81. The van der Waals surface area contributed by atoms with Crippen LogP contribution < -0.4 is 5.01 Å². The summed E-state index contributed by atoms with van der Waals surface area (Å²) >= 11 is 5.88. The third-order valence-corrected chi connectivity index (χ3v) is 4.25. The summed E-state index contributed by atoms with van der Waals surface area (Å²) in [5, 5.41) is 32.2. The lowest BCUT2D eigenvalue weighted by molar-refractivity contribution is -0.163. The lowest BCUT2D eigenvalue weighted by Crippen LogP contribution is -2.53. The number of fused-ring (bicyclic) bond motifs is 1. The fourth-order valence-electron chi connectivity index (χ4n) is 2.88. The van der Waals surface area contributed by atoms with Crippen molar-refractivity contribution in [1.29, 1.82) is 0 Å². The summed E-state index contributed by atoms with van der Waals surface area (Å²) in [4.78, 5) is 23.0. The van der Waals surface area contributed by atoms with Gasteiger partial charge in [0.25, 0.3) is 0 Å². The van der Waals surface area contributed by atoms with Crippen molar-refractivity contribution in [3.8, 4) is 0 Å². The van der Waals surface area contributed by atoms with E-state index >= 15 is 0 Å². The van der Waals surface area contributed by atoms with Crippen LogP contribution in [0.1, 0.15) is 17.4 Å². The van der Waals surface area contributed by atoms with E-state index in [2.05, 4.69) is 0 Å². The Kier molecular flexibility index (Phi) is 4.63. The van der Waals surface area contributed by atoms with Gasteiger partial charge in [-0.05, 0) is 23.8 Å². The van der Waals surface area contributed by atoms with Crippen LogP contribution in [-0.4, -0.2) is 38.3 Å². The molecule has 0 aliphatic carbocycles. The summed E-state index contributed by atoms with van der Waals surface area (Å²) in [6, 6.07) is 11.7. The van der Waals surface area contributed by atoms with Crippen molar-refractivity contribution in [3.63, 3.8) is 0 Å². The molecule has 1 atom stereocenters. The number of halogens is 1. The lowest BCUT2D eigenvalue weighted by atomic mass is 10.1. The van der Waals surface area contributed by atoms with E-state index in [0.717, 1.165) is 10.6 Å². The molecule has 1 heterocycles. The molecule has 0 bridgehead atoms. The number of carboxylic acids is 2. The van der Waals surface area contributed by atoms with Crippen molar-refractivity contribution < 1.29 is 24.9 Å². The number of nitrogens with zero attached hydrogens (tertiary/aromatic N) is 2. The standard InChI is InChI=1S/C17H15ClN2O5/c18-11-7-5-10(6-8-11)9-19-13-4-2-1-3-12(13)15(21)20(19)14(16(22)23)17(24)25/h1-8,14-15,21H,9H2,(H,22,23)(H,24,25). The van der Waals surface area contributed by atoms with Crippen molar-refractivity contribution in [3.05, 3.63) is 64.7 Å². The number of carboxylic acid groups (broad SMARTS) is 2. The first-order chi connectivity index (χ1) is 11.9. The van der Waals surface area contributed by atoms with Crippen LogP contribution in [0.4, 0.5) is 5.69 Å². The van der Waals surface area contributed by atoms with Gasteiger partial charge in [-0.3, -0.25) is 5.01 Å². The molecule has 0 spiro atoms. The Bertz CT molecular complexity index is 797. The van der Waals surface area contributed by atoms with Crippen LogP contribution >= 0.6 is 11.6 Å². The van der Waals surface area contributed by atoms with Crippen LogP contribution in [0.3, 0.4) is 0 Å². The second-order valence-corrected chi connectivity index (χ2v) is 6.01. The van der Waals surface area contributed by atoms with Crippen molar-refractivity contribution in [2.75, 3.05) is 5.01 Å². The molecule has 1 aliphatic heterocycles. The maximum absolute atomic E-state index is 11.5. The summed E-state index contributed by atoms with van der Waals surface area (Å²) in [5.41, 5.74) is 1.79. The topological polar surface area (TPSA) is 101 Å². The zero-order valence-corrected chi connectivity index (χ0v) is 13.7. The second kappa shape index (κ2) is 6.72. The molecule has 1 unspecified atom stereocenters. The average Bonchev–Trinajstić information content (AvgIpc) is 2.83. The van der Waals surface area contributed by atoms with Gasteiger partial charge in [-0.1, -0.05) is 41.9 Å². The molecule has 130 valence electrons. The Hall–Kier alpha value is -2.61. The normalized spacial score (nSPS) is 16.9. The van der Waals surface area contributed by atoms with Crippen LogP contribution in [0.2, 0.25) is 5.02 Å². The highest BCUT2D eigenvalue weighted by molar-refractivity contribution is 6.30. The largest absolute Gasteiger partial charge is 0.480 e. The molecular formula is C17H15ClN2O5. The van der Waals surface area contributed by atoms with Gasteiger partial charge in [0.1, 0.15) is 0 Å². The van der Waals surface area contributed by atoms with E-state index in [1.54, 1.807) is 48.5 Å². The lowest BCUT2D eigenvalue weighted by Gasteiger charge is -2.34. The number of para-hydroxylation sites is 1. The Morgan fingerprint density at radius 2 is 1.64 bits per heavy atom. The van der Waals surface area contributed by atoms with Crippen LogP contribution in [0.15, 0.2) is 48.5 Å². The van der Waals surface area contributed by atoms with Crippen molar-refractivity contribution >= 4 is 29.2 Å². The number of hydrazine groups is 1. The number of hydrogen-bond acceptors (Lipinski definition) is 5. The van der Waals surface area contributed by atoms with Crippen LogP contribution in [0.25, 0.3) is 0 Å². The Balaban J connectivity index is 2.04. The number of carbonyl (C=O) groups is 2. The van der Waals surface area contributed by atoms with Gasteiger partial charge in [-0.15, -0.1) is 0 Å². The van der Waals surface area contributed by atoms with Gasteiger partial charge in [-0.2, -0.15) is 5.01 Å². The quantitative estimate of drug-likeness (QED) is 0.700. The number of aliphatic carboxylic acids is 2. The summed E-state index contributed by atoms with van der Waals surface area (Å²) in [5.74, 6) is -3.11. The van der Waals surface area contributed by atoms with Gasteiger partial charge in [0.2, 0.25) is 6.04 Å². The van der Waals surface area contributed by atoms with Gasteiger partial charge in [-0.25, -0.2) is 9.59 Å². The van der Waals surface area contributed by atoms with E-state index in [4.69, 9.17) is 11.6 Å². The van der Waals surface area contributed by atoms with E-state index in [0.29, 0.717) is 16.3 Å². The minimum absolute atomic E-state index is 0.183. The smallest absolute Gasteiger partial charge is 0.334 e. The number of aliphatic hydroxyl groups excluding tert-OH is 1. The van der Waals surface area contributed by atoms with E-state index in [-0.39, 0.29) is 6.54 Å². The highest BCUT2D eigenvalue weighted by Crippen LogP contribution is 2.40. The van der Waals surface area contributed by atoms with Gasteiger partial charge in [0.05, 0.1) is 12.2 Å². The molecule has 2 aromatic carbocycles. The van der Waals surface area contributed by atoms with E-state index < -0.39 is 24.2 Å². The highest BCUT2D eigenvalue weighted by Gasteiger charge is 2.46. The minimum atomic E-state index is -1.92. The maximum Gasteiger partial charge on any atom is 0.334 e. The maximum atomic E-state index is 11.5. The SMILES string of the molecule is O=C(O)C(C(=O)O)N1C(O)c2ccccc2N1Cc1ccc(Cl)cc1. The van der Waals surface area contributed by atoms with Gasteiger partial charge < -0.3 is 15.3 Å². The van der Waals surface area contributed by atoms with E-state index in [1.807, 2.05) is 0 Å². The molecule has 1 aliphatic rings. The molecule has 0 radical (unpaired) electrons. The van der Waals surface area contributed by atoms with Gasteiger partial charge >= 0.3 is 11.9 Å². The molecule has 0 fully saturated rings. The third kappa shape index (κ3) is 3.17. The van der Waals surface area contributed by atoms with Gasteiger partial charge in [0.15, 0.2) is 6.23 Å². The molecular weight excluding hydrogens is 348 g/mol. The minimum Gasteiger partial charge on any atom is -0.480 e. The Labute approximate surface area is 148 Å². The second-order valence-electron chi connectivity index (χ2n) is 5.58. The summed E-state index contributed by atoms with van der Waals surface area (Å²) in [6.07, 6.45) is -1.37. The van der Waals surface area contributed by atoms with Crippen molar-refractivity contribution in [2.45, 2.75) is 18.8 Å². The number of rotatable bonds is 5. The fraction of sp³-hybridized carbons (Fsp3) is 0.176. The molecule has 2 aromatic rings. The summed E-state index contributed by atoms with van der Waals surface area (Å²) in [7, 11) is 0. The molecule has 25 heavy (non-hydrogen) atoms. The number of hydrogen-bond donors (Lipinski definition) is 3. The third-order valence-electron chi connectivity index (χ3n) is 4.00. The zero-order valence-electron chi connectivity index (χ0n) is 12.9. The summed E-state index contributed by atoms with van der Waals surface area (Å²) in [6.45, 7) is 0.183. The van der Waals surface area contributed by atoms with E-state index in [1.165, 1.54) is 5.01 Å². The molecule has 3 rings (SSSR count). The highest BCUT2D eigenvalue weighted by atomic mass is 35.5. The number of aliphatic hydroxyl groups is 1. The van der Waals surface area contributed by atoms with Crippen LogP contribution in [0, 0.1) is 0 Å². The van der Waals surface area contributed by atoms with Crippen LogP contribution in [-0.2, 0) is 16.1 Å². The molecule has 0 aromatic heterocycles. The zero-order chi connectivity index (χ0) is 18.1. The number of benzene rings is 2. The van der Waals surface area contributed by atoms with Crippen LogP contribution in [0.5, 0.6) is 0 Å². The predicted octanol–water partition coefficient (Wildman–Crippen LogP) is 2.11. The predicted molar refractivity (Wildman–Crippen MR) is 89.9 cm³/mol. The van der Waals surface area contributed by atoms with Gasteiger partial charge in [0, 0.05) is 10.6 Å². The molecule has 0 saturated heterocycles. The molecule has 8 heteroatoms. The van der Waals surface area contributed by atoms with Crippen molar-refractivity contribution in [1.82, 2.24) is 5.01 Å². The fourth-order valence-corrected chi connectivity index (χ4v) is 3.01. The molecule has 3 N–H and O–H groups in total. The average molecular weight is 363 g/mol. The first-order valence-electron chi connectivity index (χ1n) is 7.43. The first kappa shape index (κ1) is 17.2. The Morgan fingerprint density at radius 3 is 2.24 bits per heavy atom. The Morgan fingerprint density at radius 1 is 1.04 bits per heavy atom. The van der Waals surface area contributed by atoms with E-state index in [9.17, 15) is 24.9 Å². The molecule has 0 amide bonds. The summed E-state index contributed by atoms with van der Waals surface area (Å²) < 4.78 is 0.